The summed E-state index contributed by atoms with van der Waals surface area (Å²) in [5.41, 5.74) is -1.78. The second kappa shape index (κ2) is 9.25. The number of halogens is 2. The van der Waals surface area contributed by atoms with Gasteiger partial charge in [0.25, 0.3) is 5.82 Å². The SMILES string of the molecule is CCCC[n+]1ccn(CCOC(=O)[C@](O)(c2ccccc2)[C@@H]2CCC(F)(F)C2)c1C. The van der Waals surface area contributed by atoms with E-state index in [1.54, 1.807) is 30.3 Å². The van der Waals surface area contributed by atoms with Gasteiger partial charge in [0, 0.05) is 25.7 Å². The monoisotopic (exact) mass is 421 g/mol. The number of esters is 1. The van der Waals surface area contributed by atoms with Crippen LogP contribution in [0.2, 0.25) is 0 Å². The van der Waals surface area contributed by atoms with Gasteiger partial charge in [0.05, 0.1) is 6.54 Å². The molecule has 0 radical (unpaired) electrons. The third-order valence-electron chi connectivity index (χ3n) is 6.10. The second-order valence-corrected chi connectivity index (χ2v) is 8.15. The first-order valence-electron chi connectivity index (χ1n) is 10.7. The quantitative estimate of drug-likeness (QED) is 0.496. The molecule has 2 atom stereocenters. The average molecular weight is 422 g/mol. The van der Waals surface area contributed by atoms with E-state index in [2.05, 4.69) is 11.5 Å². The van der Waals surface area contributed by atoms with Crippen LogP contribution in [-0.2, 0) is 28.2 Å². The third kappa shape index (κ3) is 4.72. The van der Waals surface area contributed by atoms with Crippen LogP contribution in [-0.4, -0.2) is 28.2 Å². The fourth-order valence-corrected chi connectivity index (χ4v) is 4.21. The summed E-state index contributed by atoms with van der Waals surface area (Å²) in [6.45, 7) is 5.56. The Kier molecular flexibility index (Phi) is 6.91. The molecule has 30 heavy (non-hydrogen) atoms. The van der Waals surface area contributed by atoms with Gasteiger partial charge in [-0.15, -0.1) is 0 Å². The molecule has 1 heterocycles. The Hall–Kier alpha value is -2.28. The molecule has 164 valence electrons. The lowest BCUT2D eigenvalue weighted by molar-refractivity contribution is -0.702. The molecule has 7 heteroatoms. The molecule has 1 aliphatic rings. The number of hydrogen-bond acceptors (Lipinski definition) is 3. The number of hydrogen-bond donors (Lipinski definition) is 1. The Morgan fingerprint density at radius 1 is 1.37 bits per heavy atom. The molecule has 1 fully saturated rings. The van der Waals surface area contributed by atoms with Crippen molar-refractivity contribution in [2.24, 2.45) is 5.92 Å². The molecular formula is C23H31F2N2O3+. The molecule has 1 aliphatic carbocycles. The summed E-state index contributed by atoms with van der Waals surface area (Å²) in [5.74, 6) is -3.57. The van der Waals surface area contributed by atoms with Gasteiger partial charge < -0.3 is 9.84 Å². The lowest BCUT2D eigenvalue weighted by Gasteiger charge is -2.32. The van der Waals surface area contributed by atoms with E-state index in [1.165, 1.54) is 0 Å². The molecule has 0 amide bonds. The minimum absolute atomic E-state index is 0.0559. The summed E-state index contributed by atoms with van der Waals surface area (Å²) in [7, 11) is 0. The van der Waals surface area contributed by atoms with E-state index in [9.17, 15) is 18.7 Å². The highest BCUT2D eigenvalue weighted by Gasteiger charge is 2.54. The molecule has 0 unspecified atom stereocenters. The number of ether oxygens (including phenoxy) is 1. The highest BCUT2D eigenvalue weighted by Crippen LogP contribution is 2.47. The number of unbranched alkanes of at least 4 members (excludes halogenated alkanes) is 1. The Labute approximate surface area is 176 Å². The van der Waals surface area contributed by atoms with Gasteiger partial charge in [-0.25, -0.2) is 22.7 Å². The molecule has 2 aromatic rings. The second-order valence-electron chi connectivity index (χ2n) is 8.15. The zero-order valence-corrected chi connectivity index (χ0v) is 17.7. The average Bonchev–Trinajstić information content (AvgIpc) is 3.28. The van der Waals surface area contributed by atoms with Crippen LogP contribution in [0.5, 0.6) is 0 Å². The van der Waals surface area contributed by atoms with E-state index in [4.69, 9.17) is 4.74 Å². The van der Waals surface area contributed by atoms with Crippen LogP contribution < -0.4 is 4.57 Å². The first-order valence-corrected chi connectivity index (χ1v) is 10.7. The molecule has 1 saturated carbocycles. The van der Waals surface area contributed by atoms with Crippen LogP contribution in [0.25, 0.3) is 0 Å². The van der Waals surface area contributed by atoms with Crippen molar-refractivity contribution in [3.8, 4) is 0 Å². The van der Waals surface area contributed by atoms with Crippen molar-refractivity contribution in [1.82, 2.24) is 4.57 Å². The molecule has 0 bridgehead atoms. The summed E-state index contributed by atoms with van der Waals surface area (Å²) in [4.78, 5) is 13.0. The van der Waals surface area contributed by atoms with E-state index in [1.807, 2.05) is 23.9 Å². The lowest BCUT2D eigenvalue weighted by atomic mass is 9.80. The Morgan fingerprint density at radius 3 is 2.73 bits per heavy atom. The van der Waals surface area contributed by atoms with Crippen LogP contribution in [0.4, 0.5) is 8.78 Å². The van der Waals surface area contributed by atoms with Gasteiger partial charge in [-0.05, 0) is 18.4 Å². The highest BCUT2D eigenvalue weighted by atomic mass is 19.3. The van der Waals surface area contributed by atoms with Gasteiger partial charge in [0.2, 0.25) is 5.92 Å². The Balaban J connectivity index is 1.70. The van der Waals surface area contributed by atoms with Gasteiger partial charge in [-0.1, -0.05) is 43.7 Å². The number of aryl methyl sites for hydroxylation is 1. The number of aliphatic hydroxyl groups is 1. The van der Waals surface area contributed by atoms with E-state index in [0.29, 0.717) is 12.1 Å². The zero-order valence-electron chi connectivity index (χ0n) is 17.7. The van der Waals surface area contributed by atoms with Crippen molar-refractivity contribution in [3.05, 3.63) is 54.1 Å². The van der Waals surface area contributed by atoms with Crippen LogP contribution in [0.1, 0.15) is 50.4 Å². The number of alkyl halides is 2. The van der Waals surface area contributed by atoms with Crippen molar-refractivity contribution in [1.29, 1.82) is 0 Å². The molecule has 1 N–H and O–H groups in total. The van der Waals surface area contributed by atoms with E-state index in [-0.39, 0.29) is 19.4 Å². The summed E-state index contributed by atoms with van der Waals surface area (Å²) in [6, 6.07) is 8.29. The number of nitrogens with zero attached hydrogens (tertiary/aromatic N) is 2. The summed E-state index contributed by atoms with van der Waals surface area (Å²) in [5, 5.41) is 11.3. The number of benzene rings is 1. The lowest BCUT2D eigenvalue weighted by Crippen LogP contribution is -2.44. The van der Waals surface area contributed by atoms with Gasteiger partial charge in [0.1, 0.15) is 25.5 Å². The molecule has 0 aliphatic heterocycles. The maximum absolute atomic E-state index is 13.8. The Bertz CT molecular complexity index is 853. The molecule has 1 aromatic heterocycles. The van der Waals surface area contributed by atoms with Gasteiger partial charge in [-0.3, -0.25) is 0 Å². The summed E-state index contributed by atoms with van der Waals surface area (Å²) >= 11 is 0. The fraction of sp³-hybridized carbons (Fsp3) is 0.565. The van der Waals surface area contributed by atoms with Crippen LogP contribution in [0.15, 0.2) is 42.7 Å². The van der Waals surface area contributed by atoms with Gasteiger partial charge in [-0.2, -0.15) is 0 Å². The molecule has 1 aromatic carbocycles. The van der Waals surface area contributed by atoms with Crippen molar-refractivity contribution >= 4 is 5.97 Å². The maximum Gasteiger partial charge on any atom is 0.343 e. The first-order chi connectivity index (χ1) is 14.3. The van der Waals surface area contributed by atoms with Crippen LogP contribution in [0, 0.1) is 12.8 Å². The molecule has 5 nitrogen and oxygen atoms in total. The number of imidazole rings is 1. The number of rotatable bonds is 9. The van der Waals surface area contributed by atoms with E-state index < -0.39 is 29.8 Å². The predicted octanol–water partition coefficient (Wildman–Crippen LogP) is 3.75. The maximum atomic E-state index is 13.8. The minimum atomic E-state index is -2.87. The smallest absolute Gasteiger partial charge is 0.343 e. The molecule has 0 spiro atoms. The van der Waals surface area contributed by atoms with Crippen molar-refractivity contribution in [2.75, 3.05) is 6.61 Å². The van der Waals surface area contributed by atoms with Crippen molar-refractivity contribution in [3.63, 3.8) is 0 Å². The van der Waals surface area contributed by atoms with Gasteiger partial charge >= 0.3 is 5.97 Å². The minimum Gasteiger partial charge on any atom is -0.459 e. The van der Waals surface area contributed by atoms with Crippen molar-refractivity contribution < 1.29 is 28.0 Å². The number of aromatic nitrogens is 2. The number of carbonyl (C=O) groups excluding carboxylic acids is 1. The molecule has 3 rings (SSSR count). The predicted molar refractivity (Wildman–Crippen MR) is 108 cm³/mol. The first kappa shape index (κ1) is 22.4. The normalized spacial score (nSPS) is 20.1. The molecule has 0 saturated heterocycles. The number of carbonyl (C=O) groups is 1. The fourth-order valence-electron chi connectivity index (χ4n) is 4.21. The standard InChI is InChI=1S/C23H31F2N2O3/c1-3-4-12-26-13-14-27(18(26)2)15-16-30-21(28)23(29,19-8-6-5-7-9-19)20-10-11-22(24,25)17-20/h5-9,13-14,20,29H,3-4,10-12,15-17H2,1-2H3/q+1/t20-,23+/m1/s1. The van der Waals surface area contributed by atoms with Gasteiger partial charge in [0.15, 0.2) is 5.60 Å². The summed E-state index contributed by atoms with van der Waals surface area (Å²) < 4.78 is 37.2. The highest BCUT2D eigenvalue weighted by molar-refractivity contribution is 5.81. The summed E-state index contributed by atoms with van der Waals surface area (Å²) in [6.07, 6.45) is 5.32. The Morgan fingerprint density at radius 2 is 2.10 bits per heavy atom. The topological polar surface area (TPSA) is 55.3 Å². The van der Waals surface area contributed by atoms with Crippen molar-refractivity contribution in [2.45, 2.75) is 70.6 Å². The van der Waals surface area contributed by atoms with Crippen LogP contribution in [0.3, 0.4) is 0 Å². The zero-order chi connectivity index (χ0) is 21.8. The van der Waals surface area contributed by atoms with Crippen LogP contribution >= 0.6 is 0 Å². The van der Waals surface area contributed by atoms with E-state index >= 15 is 0 Å². The molecular weight excluding hydrogens is 390 g/mol. The van der Waals surface area contributed by atoms with E-state index in [0.717, 1.165) is 25.2 Å². The third-order valence-corrected chi connectivity index (χ3v) is 6.10. The largest absolute Gasteiger partial charge is 0.459 e.